The number of benzene rings is 1. The molecule has 1 aliphatic heterocycles. The van der Waals surface area contributed by atoms with Crippen molar-refractivity contribution in [1.82, 2.24) is 34.4 Å². The Kier molecular flexibility index (Phi) is 6.68. The predicted octanol–water partition coefficient (Wildman–Crippen LogP) is 4.88. The molecule has 1 fully saturated rings. The van der Waals surface area contributed by atoms with Crippen molar-refractivity contribution in [2.75, 3.05) is 13.1 Å². The molecule has 192 valence electrons. The number of nitrogens with zero attached hydrogens (tertiary/aromatic N) is 7. The Hall–Kier alpha value is -4.15. The number of imidazole rings is 1. The van der Waals surface area contributed by atoms with Crippen LogP contribution >= 0.6 is 0 Å². The van der Waals surface area contributed by atoms with E-state index in [-0.39, 0.29) is 23.2 Å². The van der Waals surface area contributed by atoms with E-state index >= 15 is 0 Å². The highest BCUT2D eigenvalue weighted by Crippen LogP contribution is 2.37. The quantitative estimate of drug-likeness (QED) is 0.331. The van der Waals surface area contributed by atoms with Gasteiger partial charge in [-0.25, -0.2) is 9.67 Å². The summed E-state index contributed by atoms with van der Waals surface area (Å²) < 4.78 is 36.4. The van der Waals surface area contributed by atoms with Crippen LogP contribution in [0.25, 0.3) is 22.3 Å². The molecule has 4 heterocycles. The fraction of sp³-hybridized carbons (Fsp3) is 0.346. The van der Waals surface area contributed by atoms with Gasteiger partial charge in [0.05, 0.1) is 22.9 Å². The first-order chi connectivity index (χ1) is 17.9. The molecule has 1 saturated heterocycles. The number of aromatic nitrogens is 6. The predicted molar refractivity (Wildman–Crippen MR) is 133 cm³/mol. The lowest BCUT2D eigenvalue weighted by atomic mass is 10.0. The van der Waals surface area contributed by atoms with Crippen LogP contribution in [0.4, 0.5) is 8.78 Å². The molecular formula is C26H27F2N7O2. The van der Waals surface area contributed by atoms with E-state index in [0.29, 0.717) is 35.6 Å². The molecule has 1 unspecified atom stereocenters. The third kappa shape index (κ3) is 4.68. The normalized spacial score (nSPS) is 15.3. The van der Waals surface area contributed by atoms with Gasteiger partial charge in [0.1, 0.15) is 29.4 Å². The van der Waals surface area contributed by atoms with E-state index in [1.54, 1.807) is 29.3 Å². The second kappa shape index (κ2) is 10.1. The molecule has 1 amide bonds. The minimum atomic E-state index is -2.77. The van der Waals surface area contributed by atoms with Crippen LogP contribution in [0.2, 0.25) is 0 Å². The molecule has 37 heavy (non-hydrogen) atoms. The molecule has 1 aliphatic rings. The number of halogens is 2. The number of pyridine rings is 1. The van der Waals surface area contributed by atoms with Gasteiger partial charge in [-0.05, 0) is 57.0 Å². The first kappa shape index (κ1) is 24.5. The van der Waals surface area contributed by atoms with Crippen LogP contribution in [0.15, 0.2) is 55.5 Å². The van der Waals surface area contributed by atoms with Crippen LogP contribution in [0.3, 0.4) is 0 Å². The number of hydrogen-bond donors (Lipinski definition) is 0. The van der Waals surface area contributed by atoms with Gasteiger partial charge in [0.2, 0.25) is 5.91 Å². The Labute approximate surface area is 212 Å². The molecule has 0 spiro atoms. The van der Waals surface area contributed by atoms with Crippen molar-refractivity contribution in [2.45, 2.75) is 45.4 Å². The second-order valence-electron chi connectivity index (χ2n) is 9.01. The van der Waals surface area contributed by atoms with E-state index < -0.39 is 12.7 Å². The molecule has 11 heteroatoms. The standard InChI is InChI=1S/C26H27F2N7O2/c1-4-23(36)33-11-8-19(9-12-33)35-16(2)24(31-32-35)18-13-21-25(34(15-30-21)26(27)28)22(14-18)37-17(3)20-7-5-6-10-29-20/h4-7,10,13-15,17,19,26H,1,8-9,11-12H2,2-3H3. The smallest absolute Gasteiger partial charge is 0.320 e. The fourth-order valence-corrected chi connectivity index (χ4v) is 4.79. The van der Waals surface area contributed by atoms with Crippen LogP contribution in [0, 0.1) is 6.92 Å². The maximum absolute atomic E-state index is 13.8. The highest BCUT2D eigenvalue weighted by molar-refractivity contribution is 5.88. The van der Waals surface area contributed by atoms with Crippen LogP contribution in [0.5, 0.6) is 5.75 Å². The van der Waals surface area contributed by atoms with E-state index in [4.69, 9.17) is 4.74 Å². The zero-order valence-electron chi connectivity index (χ0n) is 20.6. The zero-order valence-corrected chi connectivity index (χ0v) is 20.6. The van der Waals surface area contributed by atoms with Gasteiger partial charge >= 0.3 is 6.55 Å². The maximum atomic E-state index is 13.8. The summed E-state index contributed by atoms with van der Waals surface area (Å²) in [4.78, 5) is 22.2. The first-order valence-electron chi connectivity index (χ1n) is 12.1. The first-order valence-corrected chi connectivity index (χ1v) is 12.1. The summed E-state index contributed by atoms with van der Waals surface area (Å²) in [6.45, 7) is 5.76. The molecule has 1 aromatic carbocycles. The van der Waals surface area contributed by atoms with Gasteiger partial charge in [-0.15, -0.1) is 5.10 Å². The third-order valence-electron chi connectivity index (χ3n) is 6.75. The van der Waals surface area contributed by atoms with Gasteiger partial charge < -0.3 is 9.64 Å². The Balaban J connectivity index is 1.49. The molecule has 0 saturated carbocycles. The van der Waals surface area contributed by atoms with Crippen molar-refractivity contribution >= 4 is 16.9 Å². The minimum Gasteiger partial charge on any atom is -0.482 e. The summed E-state index contributed by atoms with van der Waals surface area (Å²) in [6.07, 6.45) is 5.11. The molecule has 3 aromatic heterocycles. The molecule has 0 N–H and O–H groups in total. The summed E-state index contributed by atoms with van der Waals surface area (Å²) in [5.41, 5.74) is 3.36. The SMILES string of the molecule is C=CC(=O)N1CCC(n2nnc(-c3cc(OC(C)c4ccccn4)c4c(c3)ncn4C(F)F)c2C)CC1. The number of piperidine rings is 1. The molecule has 1 atom stereocenters. The van der Waals surface area contributed by atoms with Crippen LogP contribution in [0.1, 0.15) is 49.8 Å². The maximum Gasteiger partial charge on any atom is 0.320 e. The summed E-state index contributed by atoms with van der Waals surface area (Å²) >= 11 is 0. The molecule has 5 rings (SSSR count). The molecule has 9 nitrogen and oxygen atoms in total. The molecular weight excluding hydrogens is 480 g/mol. The van der Waals surface area contributed by atoms with Crippen molar-refractivity contribution in [2.24, 2.45) is 0 Å². The van der Waals surface area contributed by atoms with Crippen molar-refractivity contribution < 1.29 is 18.3 Å². The number of alkyl halides is 2. The summed E-state index contributed by atoms with van der Waals surface area (Å²) in [7, 11) is 0. The third-order valence-corrected chi connectivity index (χ3v) is 6.75. The lowest BCUT2D eigenvalue weighted by molar-refractivity contribution is -0.127. The van der Waals surface area contributed by atoms with E-state index in [1.807, 2.05) is 30.7 Å². The number of amides is 1. The number of hydrogen-bond acceptors (Lipinski definition) is 6. The Morgan fingerprint density at radius 3 is 2.68 bits per heavy atom. The Morgan fingerprint density at radius 2 is 2.00 bits per heavy atom. The van der Waals surface area contributed by atoms with Gasteiger partial charge in [0.15, 0.2) is 0 Å². The monoisotopic (exact) mass is 507 g/mol. The average Bonchev–Trinajstić information content (AvgIpc) is 3.52. The Morgan fingerprint density at radius 1 is 1.22 bits per heavy atom. The lowest BCUT2D eigenvalue weighted by Crippen LogP contribution is -2.38. The largest absolute Gasteiger partial charge is 0.482 e. The van der Waals surface area contributed by atoms with Crippen LogP contribution in [-0.4, -0.2) is 53.4 Å². The van der Waals surface area contributed by atoms with Crippen LogP contribution < -0.4 is 4.74 Å². The lowest BCUT2D eigenvalue weighted by Gasteiger charge is -2.31. The molecule has 0 radical (unpaired) electrons. The topological polar surface area (TPSA) is 91.0 Å². The minimum absolute atomic E-state index is 0.0709. The van der Waals surface area contributed by atoms with Crippen LogP contribution in [-0.2, 0) is 4.79 Å². The van der Waals surface area contributed by atoms with E-state index in [1.165, 1.54) is 6.08 Å². The van der Waals surface area contributed by atoms with Gasteiger partial charge in [0, 0.05) is 24.8 Å². The fourth-order valence-electron chi connectivity index (χ4n) is 4.79. The average molecular weight is 508 g/mol. The van der Waals surface area contributed by atoms with Gasteiger partial charge in [-0.3, -0.25) is 14.3 Å². The number of ether oxygens (including phenoxy) is 1. The molecule has 0 aliphatic carbocycles. The second-order valence-corrected chi connectivity index (χ2v) is 9.01. The summed E-state index contributed by atoms with van der Waals surface area (Å²) in [5, 5.41) is 8.83. The van der Waals surface area contributed by atoms with Crippen molar-refractivity contribution in [1.29, 1.82) is 0 Å². The summed E-state index contributed by atoms with van der Waals surface area (Å²) in [5.74, 6) is 0.187. The zero-order chi connectivity index (χ0) is 26.1. The number of fused-ring (bicyclic) bond motifs is 1. The molecule has 0 bridgehead atoms. The van der Waals surface area contributed by atoms with Gasteiger partial charge in [-0.2, -0.15) is 8.78 Å². The molecule has 4 aromatic rings. The van der Waals surface area contributed by atoms with Crippen molar-refractivity contribution in [3.05, 3.63) is 66.9 Å². The van der Waals surface area contributed by atoms with E-state index in [2.05, 4.69) is 26.9 Å². The van der Waals surface area contributed by atoms with Crippen molar-refractivity contribution in [3.63, 3.8) is 0 Å². The van der Waals surface area contributed by atoms with Gasteiger partial charge in [0.25, 0.3) is 0 Å². The van der Waals surface area contributed by atoms with E-state index in [9.17, 15) is 13.6 Å². The number of likely N-dealkylation sites (tertiary alicyclic amines) is 1. The highest BCUT2D eigenvalue weighted by atomic mass is 19.3. The highest BCUT2D eigenvalue weighted by Gasteiger charge is 2.27. The number of carbonyl (C=O) groups excluding carboxylic acids is 1. The summed E-state index contributed by atoms with van der Waals surface area (Å²) in [6, 6.07) is 8.98. The van der Waals surface area contributed by atoms with E-state index in [0.717, 1.165) is 29.4 Å². The van der Waals surface area contributed by atoms with Gasteiger partial charge in [-0.1, -0.05) is 17.9 Å². The Bertz CT molecular complexity index is 1430. The number of rotatable bonds is 7. The van der Waals surface area contributed by atoms with Crippen molar-refractivity contribution in [3.8, 4) is 17.0 Å². The number of carbonyl (C=O) groups is 1.